The van der Waals surface area contributed by atoms with Crippen molar-refractivity contribution >= 4 is 5.91 Å². The fourth-order valence-corrected chi connectivity index (χ4v) is 2.65. The molecule has 5 nitrogen and oxygen atoms in total. The van der Waals surface area contributed by atoms with Crippen LogP contribution >= 0.6 is 0 Å². The van der Waals surface area contributed by atoms with Crippen LogP contribution in [-0.2, 0) is 16.1 Å². The number of rotatable bonds is 6. The zero-order valence-corrected chi connectivity index (χ0v) is 13.3. The lowest BCUT2D eigenvalue weighted by molar-refractivity contribution is -0.123. The van der Waals surface area contributed by atoms with E-state index in [0.29, 0.717) is 18.8 Å². The van der Waals surface area contributed by atoms with Crippen molar-refractivity contribution in [3.05, 3.63) is 47.8 Å². The summed E-state index contributed by atoms with van der Waals surface area (Å²) in [6.07, 6.45) is 4.17. The number of hydrogen-bond donors (Lipinski definition) is 1. The van der Waals surface area contributed by atoms with Crippen molar-refractivity contribution in [1.29, 1.82) is 0 Å². The van der Waals surface area contributed by atoms with Crippen LogP contribution in [0.3, 0.4) is 0 Å². The van der Waals surface area contributed by atoms with Gasteiger partial charge in [0, 0.05) is 25.5 Å². The smallest absolute Gasteiger partial charge is 0.226 e. The van der Waals surface area contributed by atoms with E-state index in [4.69, 9.17) is 4.74 Å². The lowest BCUT2D eigenvalue weighted by Crippen LogP contribution is -2.26. The molecular formula is C17H20FN3O2. The number of nitrogens with zero attached hydrogens (tertiary/aromatic N) is 2. The van der Waals surface area contributed by atoms with E-state index in [1.165, 1.54) is 6.07 Å². The van der Waals surface area contributed by atoms with E-state index in [0.717, 1.165) is 17.8 Å². The van der Waals surface area contributed by atoms with Gasteiger partial charge in [0.2, 0.25) is 5.91 Å². The Morgan fingerprint density at radius 2 is 2.35 bits per heavy atom. The summed E-state index contributed by atoms with van der Waals surface area (Å²) in [5.74, 6) is 0.295. The maximum atomic E-state index is 14.3. The Morgan fingerprint density at radius 1 is 1.52 bits per heavy atom. The lowest BCUT2D eigenvalue weighted by Gasteiger charge is -2.09. The Hall–Kier alpha value is -2.21. The highest BCUT2D eigenvalue weighted by Crippen LogP contribution is 2.33. The van der Waals surface area contributed by atoms with Gasteiger partial charge in [0.25, 0.3) is 0 Å². The number of ether oxygens (including phenoxy) is 1. The molecule has 2 aromatic rings. The first-order valence-electron chi connectivity index (χ1n) is 7.78. The summed E-state index contributed by atoms with van der Waals surface area (Å²) in [6, 6.07) is 4.96. The van der Waals surface area contributed by atoms with E-state index >= 15 is 0 Å². The van der Waals surface area contributed by atoms with Crippen molar-refractivity contribution in [2.45, 2.75) is 32.9 Å². The summed E-state index contributed by atoms with van der Waals surface area (Å²) in [6.45, 7) is 4.67. The molecule has 1 fully saturated rings. The van der Waals surface area contributed by atoms with Crippen molar-refractivity contribution in [2.75, 3.05) is 6.61 Å². The van der Waals surface area contributed by atoms with Crippen LogP contribution in [0.15, 0.2) is 30.6 Å². The zero-order chi connectivity index (χ0) is 16.4. The Morgan fingerprint density at radius 3 is 3.00 bits per heavy atom. The second kappa shape index (κ2) is 6.50. The molecule has 0 spiro atoms. The van der Waals surface area contributed by atoms with Gasteiger partial charge in [-0.2, -0.15) is 0 Å². The second-order valence-electron chi connectivity index (χ2n) is 5.68. The van der Waals surface area contributed by atoms with Gasteiger partial charge in [0.05, 0.1) is 17.7 Å². The number of imidazole rings is 1. The van der Waals surface area contributed by atoms with Gasteiger partial charge in [-0.1, -0.05) is 6.07 Å². The van der Waals surface area contributed by atoms with Crippen LogP contribution in [0.5, 0.6) is 0 Å². The Bertz CT molecular complexity index is 714. The predicted octanol–water partition coefficient (Wildman–Crippen LogP) is 2.36. The van der Waals surface area contributed by atoms with Crippen LogP contribution < -0.4 is 5.32 Å². The number of aromatic nitrogens is 2. The molecule has 1 saturated carbocycles. The molecule has 0 bridgehead atoms. The first-order valence-corrected chi connectivity index (χ1v) is 7.78. The molecular weight excluding hydrogens is 297 g/mol. The predicted molar refractivity (Wildman–Crippen MR) is 83.6 cm³/mol. The summed E-state index contributed by atoms with van der Waals surface area (Å²) in [4.78, 5) is 16.0. The quantitative estimate of drug-likeness (QED) is 0.890. The van der Waals surface area contributed by atoms with Gasteiger partial charge < -0.3 is 14.6 Å². The standard InChI is InChI=1S/C17H20FN3O2/c1-3-23-16-9-13(16)17(22)20-10-12-4-5-15(14(18)8-12)21-7-6-19-11(21)2/h4-8,13,16H,3,9-10H2,1-2H3,(H,20,22). The summed E-state index contributed by atoms with van der Waals surface area (Å²) < 4.78 is 21.4. The third-order valence-corrected chi connectivity index (χ3v) is 4.01. The molecule has 122 valence electrons. The molecule has 1 aromatic heterocycles. The number of nitrogens with one attached hydrogen (secondary N) is 1. The van der Waals surface area contributed by atoms with Gasteiger partial charge in [0.1, 0.15) is 11.6 Å². The normalized spacial score (nSPS) is 19.6. The third-order valence-electron chi connectivity index (χ3n) is 4.01. The summed E-state index contributed by atoms with van der Waals surface area (Å²) in [5.41, 5.74) is 1.18. The molecule has 0 saturated heterocycles. The molecule has 1 aromatic carbocycles. The van der Waals surface area contributed by atoms with Crippen molar-refractivity contribution in [2.24, 2.45) is 5.92 Å². The summed E-state index contributed by atoms with van der Waals surface area (Å²) in [5, 5.41) is 2.84. The van der Waals surface area contributed by atoms with Gasteiger partial charge in [-0.25, -0.2) is 9.37 Å². The van der Waals surface area contributed by atoms with Crippen molar-refractivity contribution < 1.29 is 13.9 Å². The number of aryl methyl sites for hydroxylation is 1. The van der Waals surface area contributed by atoms with Crippen LogP contribution in [0.2, 0.25) is 0 Å². The molecule has 0 radical (unpaired) electrons. The fraction of sp³-hybridized carbons (Fsp3) is 0.412. The molecule has 2 atom stereocenters. The molecule has 1 aliphatic carbocycles. The molecule has 0 aliphatic heterocycles. The first-order chi connectivity index (χ1) is 11.1. The SMILES string of the molecule is CCOC1CC1C(=O)NCc1ccc(-n2ccnc2C)c(F)c1. The maximum absolute atomic E-state index is 14.3. The van der Waals surface area contributed by atoms with Crippen LogP contribution in [0.1, 0.15) is 24.7 Å². The Balaban J connectivity index is 1.61. The van der Waals surface area contributed by atoms with Crippen LogP contribution in [0.25, 0.3) is 5.69 Å². The zero-order valence-electron chi connectivity index (χ0n) is 13.3. The van der Waals surface area contributed by atoms with Gasteiger partial charge in [-0.05, 0) is 38.0 Å². The Labute approximate surface area is 134 Å². The van der Waals surface area contributed by atoms with E-state index in [9.17, 15) is 9.18 Å². The molecule has 1 N–H and O–H groups in total. The average molecular weight is 317 g/mol. The lowest BCUT2D eigenvalue weighted by atomic mass is 10.2. The van der Waals surface area contributed by atoms with Crippen molar-refractivity contribution in [3.63, 3.8) is 0 Å². The van der Waals surface area contributed by atoms with Crippen LogP contribution in [0.4, 0.5) is 4.39 Å². The minimum absolute atomic E-state index is 0.0293. The average Bonchev–Trinajstić information content (AvgIpc) is 3.18. The summed E-state index contributed by atoms with van der Waals surface area (Å²) in [7, 11) is 0. The highest BCUT2D eigenvalue weighted by atomic mass is 19.1. The minimum atomic E-state index is -0.337. The number of halogens is 1. The minimum Gasteiger partial charge on any atom is -0.378 e. The highest BCUT2D eigenvalue weighted by Gasteiger charge is 2.43. The molecule has 3 rings (SSSR count). The van der Waals surface area contributed by atoms with E-state index in [2.05, 4.69) is 10.3 Å². The number of hydrogen-bond acceptors (Lipinski definition) is 3. The number of amides is 1. The number of carbonyl (C=O) groups excluding carboxylic acids is 1. The maximum Gasteiger partial charge on any atom is 0.226 e. The van der Waals surface area contributed by atoms with Crippen molar-refractivity contribution in [3.8, 4) is 5.69 Å². The monoisotopic (exact) mass is 317 g/mol. The number of benzene rings is 1. The molecule has 6 heteroatoms. The molecule has 23 heavy (non-hydrogen) atoms. The third kappa shape index (κ3) is 3.42. The van der Waals surface area contributed by atoms with Crippen LogP contribution in [0, 0.1) is 18.7 Å². The largest absolute Gasteiger partial charge is 0.378 e. The first kappa shape index (κ1) is 15.7. The molecule has 1 aliphatic rings. The molecule has 2 unspecified atom stereocenters. The van der Waals surface area contributed by atoms with Gasteiger partial charge in [-0.3, -0.25) is 4.79 Å². The van der Waals surface area contributed by atoms with Gasteiger partial charge in [-0.15, -0.1) is 0 Å². The van der Waals surface area contributed by atoms with E-state index in [1.54, 1.807) is 23.0 Å². The topological polar surface area (TPSA) is 56.1 Å². The van der Waals surface area contributed by atoms with E-state index in [-0.39, 0.29) is 23.7 Å². The summed E-state index contributed by atoms with van der Waals surface area (Å²) >= 11 is 0. The number of carbonyl (C=O) groups is 1. The van der Waals surface area contributed by atoms with E-state index < -0.39 is 0 Å². The van der Waals surface area contributed by atoms with E-state index in [1.807, 2.05) is 19.9 Å². The highest BCUT2D eigenvalue weighted by molar-refractivity contribution is 5.82. The molecule has 1 heterocycles. The van der Waals surface area contributed by atoms with Crippen LogP contribution in [-0.4, -0.2) is 28.2 Å². The second-order valence-corrected chi connectivity index (χ2v) is 5.68. The van der Waals surface area contributed by atoms with Gasteiger partial charge >= 0.3 is 0 Å². The van der Waals surface area contributed by atoms with Crippen molar-refractivity contribution in [1.82, 2.24) is 14.9 Å². The fourth-order valence-electron chi connectivity index (χ4n) is 2.65. The van der Waals surface area contributed by atoms with Gasteiger partial charge in [0.15, 0.2) is 0 Å². The molecule has 1 amide bonds. The Kier molecular flexibility index (Phi) is 4.43.